The molecule has 0 aliphatic rings. The van der Waals surface area contributed by atoms with Gasteiger partial charge < -0.3 is 5.73 Å². The van der Waals surface area contributed by atoms with Crippen LogP contribution in [0.2, 0.25) is 0 Å². The first-order chi connectivity index (χ1) is 9.58. The molecule has 1 heterocycles. The molecule has 2 N–H and O–H groups in total. The van der Waals surface area contributed by atoms with Crippen molar-refractivity contribution >= 4 is 11.8 Å². The van der Waals surface area contributed by atoms with Gasteiger partial charge in [-0.3, -0.25) is 0 Å². The van der Waals surface area contributed by atoms with Crippen molar-refractivity contribution in [2.24, 2.45) is 5.73 Å². The third kappa shape index (κ3) is 4.02. The van der Waals surface area contributed by atoms with Gasteiger partial charge in [0, 0.05) is 12.2 Å². The Morgan fingerprint density at radius 2 is 2.05 bits per heavy atom. The Hall–Kier alpha value is -1.46. The largest absolute Gasteiger partial charge is 0.327 e. The van der Waals surface area contributed by atoms with Gasteiger partial charge in [0.2, 0.25) is 0 Å². The molecule has 5 heteroatoms. The molecule has 0 fully saturated rings. The van der Waals surface area contributed by atoms with E-state index in [0.717, 1.165) is 42.3 Å². The molecule has 0 aliphatic carbocycles. The summed E-state index contributed by atoms with van der Waals surface area (Å²) in [6.45, 7) is 2.04. The Kier molecular flexibility index (Phi) is 5.09. The lowest BCUT2D eigenvalue weighted by Crippen LogP contribution is -2.21. The van der Waals surface area contributed by atoms with Gasteiger partial charge in [-0.1, -0.05) is 24.8 Å². The molecular weight excluding hydrogens is 278 g/mol. The highest BCUT2D eigenvalue weighted by molar-refractivity contribution is 7.99. The van der Waals surface area contributed by atoms with Crippen molar-refractivity contribution in [2.45, 2.75) is 35.7 Å². The van der Waals surface area contributed by atoms with Crippen LogP contribution in [0.25, 0.3) is 0 Å². The van der Waals surface area contributed by atoms with Crippen molar-refractivity contribution < 1.29 is 8.78 Å². The van der Waals surface area contributed by atoms with E-state index in [1.807, 2.05) is 13.0 Å². The molecule has 1 atom stereocenters. The number of hydrogen-bond donors (Lipinski definition) is 1. The van der Waals surface area contributed by atoms with Crippen LogP contribution < -0.4 is 5.73 Å². The van der Waals surface area contributed by atoms with E-state index in [0.29, 0.717) is 5.03 Å². The first kappa shape index (κ1) is 14.9. The van der Waals surface area contributed by atoms with E-state index in [1.165, 1.54) is 6.07 Å². The Balaban J connectivity index is 2.09. The van der Waals surface area contributed by atoms with E-state index in [-0.39, 0.29) is 10.9 Å². The molecule has 0 radical (unpaired) electrons. The maximum Gasteiger partial charge on any atom is 0.137 e. The van der Waals surface area contributed by atoms with E-state index in [9.17, 15) is 8.78 Å². The van der Waals surface area contributed by atoms with Gasteiger partial charge in [0.05, 0.1) is 4.90 Å². The molecule has 0 saturated heterocycles. The average molecular weight is 294 g/mol. The predicted molar refractivity (Wildman–Crippen MR) is 76.7 cm³/mol. The molecule has 106 valence electrons. The van der Waals surface area contributed by atoms with Gasteiger partial charge in [-0.05, 0) is 42.7 Å². The van der Waals surface area contributed by atoms with Crippen LogP contribution in [0.5, 0.6) is 0 Å². The molecule has 0 amide bonds. The highest BCUT2D eigenvalue weighted by atomic mass is 32.2. The second-order valence-electron chi connectivity index (χ2n) is 4.55. The van der Waals surface area contributed by atoms with Gasteiger partial charge in [-0.25, -0.2) is 13.8 Å². The number of nitrogens with zero attached hydrogens (tertiary/aromatic N) is 1. The minimum atomic E-state index is -0.459. The van der Waals surface area contributed by atoms with Crippen LogP contribution in [0.15, 0.2) is 46.5 Å². The molecule has 2 nitrogen and oxygen atoms in total. The lowest BCUT2D eigenvalue weighted by atomic mass is 10.1. The van der Waals surface area contributed by atoms with Gasteiger partial charge in [0.25, 0.3) is 0 Å². The van der Waals surface area contributed by atoms with Crippen LogP contribution in [0.4, 0.5) is 8.78 Å². The van der Waals surface area contributed by atoms with Gasteiger partial charge >= 0.3 is 0 Å². The maximum absolute atomic E-state index is 13.5. The van der Waals surface area contributed by atoms with Gasteiger partial charge in [-0.2, -0.15) is 0 Å². The zero-order valence-corrected chi connectivity index (χ0v) is 12.0. The lowest BCUT2D eigenvalue weighted by Gasteiger charge is -2.08. The number of pyridine rings is 1. The lowest BCUT2D eigenvalue weighted by molar-refractivity contribution is 0.577. The Morgan fingerprint density at radius 3 is 2.70 bits per heavy atom. The average Bonchev–Trinajstić information content (AvgIpc) is 2.45. The summed E-state index contributed by atoms with van der Waals surface area (Å²) in [5.41, 5.74) is 6.92. The van der Waals surface area contributed by atoms with E-state index in [2.05, 4.69) is 4.98 Å². The van der Waals surface area contributed by atoms with E-state index in [4.69, 9.17) is 5.73 Å². The second-order valence-corrected chi connectivity index (χ2v) is 5.62. The van der Waals surface area contributed by atoms with Crippen LogP contribution in [0.3, 0.4) is 0 Å². The van der Waals surface area contributed by atoms with Crippen LogP contribution >= 0.6 is 11.8 Å². The molecule has 20 heavy (non-hydrogen) atoms. The topological polar surface area (TPSA) is 38.9 Å². The van der Waals surface area contributed by atoms with Crippen molar-refractivity contribution in [3.8, 4) is 0 Å². The predicted octanol–water partition coefficient (Wildman–Crippen LogP) is 3.79. The summed E-state index contributed by atoms with van der Waals surface area (Å²) in [4.78, 5) is 4.48. The molecule has 1 aromatic heterocycles. The SMILES string of the molecule is CCC(N)Cc1ccc(Sc2cc(F)ccc2F)nc1. The number of benzene rings is 1. The minimum Gasteiger partial charge on any atom is -0.327 e. The summed E-state index contributed by atoms with van der Waals surface area (Å²) in [7, 11) is 0. The van der Waals surface area contributed by atoms with E-state index >= 15 is 0 Å². The van der Waals surface area contributed by atoms with Gasteiger partial charge in [0.1, 0.15) is 16.7 Å². The number of aromatic nitrogens is 1. The summed E-state index contributed by atoms with van der Waals surface area (Å²) in [5.74, 6) is -0.908. The van der Waals surface area contributed by atoms with E-state index < -0.39 is 11.6 Å². The molecular formula is C15H16F2N2S. The summed E-state index contributed by atoms with van der Waals surface area (Å²) < 4.78 is 26.6. The molecule has 2 aromatic rings. The molecule has 0 aliphatic heterocycles. The molecule has 2 rings (SSSR count). The Morgan fingerprint density at radius 1 is 1.25 bits per heavy atom. The highest BCUT2D eigenvalue weighted by Crippen LogP contribution is 2.29. The number of hydrogen-bond acceptors (Lipinski definition) is 3. The maximum atomic E-state index is 13.5. The Bertz CT molecular complexity index is 573. The third-order valence-corrected chi connectivity index (χ3v) is 3.91. The Labute approximate surface area is 121 Å². The summed E-state index contributed by atoms with van der Waals surface area (Å²) >= 11 is 1.10. The first-order valence-electron chi connectivity index (χ1n) is 6.42. The van der Waals surface area contributed by atoms with Crippen LogP contribution in [-0.4, -0.2) is 11.0 Å². The second kappa shape index (κ2) is 6.81. The standard InChI is InChI=1S/C15H16F2N2S/c1-2-12(18)7-10-3-6-15(19-9-10)20-14-8-11(16)4-5-13(14)17/h3-6,8-9,12H,2,7,18H2,1H3. The monoisotopic (exact) mass is 294 g/mol. The van der Waals surface area contributed by atoms with Crippen molar-refractivity contribution in [3.05, 3.63) is 53.7 Å². The number of rotatable bonds is 5. The smallest absolute Gasteiger partial charge is 0.137 e. The number of nitrogens with two attached hydrogens (primary N) is 1. The van der Waals surface area contributed by atoms with Crippen molar-refractivity contribution in [3.63, 3.8) is 0 Å². The van der Waals surface area contributed by atoms with Gasteiger partial charge in [-0.15, -0.1) is 0 Å². The molecule has 0 spiro atoms. The van der Waals surface area contributed by atoms with Crippen LogP contribution in [-0.2, 0) is 6.42 Å². The first-order valence-corrected chi connectivity index (χ1v) is 7.23. The van der Waals surface area contributed by atoms with E-state index in [1.54, 1.807) is 12.3 Å². The summed E-state index contributed by atoms with van der Waals surface area (Å²) in [5, 5.41) is 0.628. The zero-order valence-electron chi connectivity index (χ0n) is 11.1. The quantitative estimate of drug-likeness (QED) is 0.912. The number of halogens is 2. The van der Waals surface area contributed by atoms with Crippen molar-refractivity contribution in [1.82, 2.24) is 4.98 Å². The fourth-order valence-electron chi connectivity index (χ4n) is 1.71. The minimum absolute atomic E-state index is 0.121. The molecule has 0 saturated carbocycles. The van der Waals surface area contributed by atoms with Crippen LogP contribution in [0, 0.1) is 11.6 Å². The van der Waals surface area contributed by atoms with Crippen LogP contribution in [0.1, 0.15) is 18.9 Å². The molecule has 1 unspecified atom stereocenters. The summed E-state index contributed by atoms with van der Waals surface area (Å²) in [6, 6.07) is 7.22. The fraction of sp³-hybridized carbons (Fsp3) is 0.267. The molecule has 1 aromatic carbocycles. The third-order valence-electron chi connectivity index (χ3n) is 2.93. The van der Waals surface area contributed by atoms with Crippen molar-refractivity contribution in [1.29, 1.82) is 0 Å². The normalized spacial score (nSPS) is 12.4. The zero-order chi connectivity index (χ0) is 14.5. The van der Waals surface area contributed by atoms with Crippen molar-refractivity contribution in [2.75, 3.05) is 0 Å². The fourth-order valence-corrected chi connectivity index (χ4v) is 2.51. The molecule has 0 bridgehead atoms. The highest BCUT2D eigenvalue weighted by Gasteiger charge is 2.07. The van der Waals surface area contributed by atoms with Gasteiger partial charge in [0.15, 0.2) is 0 Å². The summed E-state index contributed by atoms with van der Waals surface area (Å²) in [6.07, 6.45) is 3.41.